The molecule has 0 aromatic heterocycles. The number of amides is 1. The van der Waals surface area contributed by atoms with Crippen molar-refractivity contribution in [2.45, 2.75) is 26.8 Å². The SMILES string of the molecule is Cc1ccc(C(CN2CCOCC2)NC(=O)c2ccc(C)cc2C)cc1. The predicted molar refractivity (Wildman–Crippen MR) is 105 cm³/mol. The molecule has 1 fully saturated rings. The van der Waals surface area contributed by atoms with Gasteiger partial charge in [0.05, 0.1) is 19.3 Å². The lowest BCUT2D eigenvalue weighted by Gasteiger charge is -2.31. The summed E-state index contributed by atoms with van der Waals surface area (Å²) in [6, 6.07) is 14.4. The number of carbonyl (C=O) groups is 1. The van der Waals surface area contributed by atoms with Gasteiger partial charge in [-0.2, -0.15) is 0 Å². The van der Waals surface area contributed by atoms with E-state index >= 15 is 0 Å². The Morgan fingerprint density at radius 3 is 2.35 bits per heavy atom. The molecule has 1 atom stereocenters. The summed E-state index contributed by atoms with van der Waals surface area (Å²) in [5.41, 5.74) is 5.29. The highest BCUT2D eigenvalue weighted by atomic mass is 16.5. The molecule has 0 spiro atoms. The van der Waals surface area contributed by atoms with Crippen LogP contribution < -0.4 is 5.32 Å². The van der Waals surface area contributed by atoms with E-state index in [4.69, 9.17) is 4.74 Å². The zero-order valence-corrected chi connectivity index (χ0v) is 15.9. The quantitative estimate of drug-likeness (QED) is 0.896. The molecule has 1 unspecified atom stereocenters. The van der Waals surface area contributed by atoms with Crippen LogP contribution in [0.25, 0.3) is 0 Å². The molecule has 0 saturated carbocycles. The molecule has 0 bridgehead atoms. The van der Waals surface area contributed by atoms with Crippen LogP contribution in [0.5, 0.6) is 0 Å². The van der Waals surface area contributed by atoms with Crippen LogP contribution in [0.4, 0.5) is 0 Å². The molecule has 1 heterocycles. The Balaban J connectivity index is 1.79. The number of rotatable bonds is 5. The van der Waals surface area contributed by atoms with E-state index in [1.54, 1.807) is 0 Å². The molecule has 1 saturated heterocycles. The van der Waals surface area contributed by atoms with Gasteiger partial charge in [-0.1, -0.05) is 47.5 Å². The van der Waals surface area contributed by atoms with Crippen molar-refractivity contribution in [3.05, 3.63) is 70.3 Å². The number of carbonyl (C=O) groups excluding carboxylic acids is 1. The zero-order chi connectivity index (χ0) is 18.5. The highest BCUT2D eigenvalue weighted by Gasteiger charge is 2.21. The molecule has 3 rings (SSSR count). The maximum Gasteiger partial charge on any atom is 0.252 e. The predicted octanol–water partition coefficient (Wildman–Crippen LogP) is 3.42. The first kappa shape index (κ1) is 18.6. The smallest absolute Gasteiger partial charge is 0.252 e. The lowest BCUT2D eigenvalue weighted by atomic mass is 10.0. The minimum Gasteiger partial charge on any atom is -0.379 e. The highest BCUT2D eigenvalue weighted by Crippen LogP contribution is 2.18. The third-order valence-electron chi connectivity index (χ3n) is 4.96. The van der Waals surface area contributed by atoms with Crippen LogP contribution in [0.1, 0.15) is 38.7 Å². The van der Waals surface area contributed by atoms with Gasteiger partial charge in [-0.15, -0.1) is 0 Å². The lowest BCUT2D eigenvalue weighted by Crippen LogP contribution is -2.43. The summed E-state index contributed by atoms with van der Waals surface area (Å²) in [4.78, 5) is 15.3. The molecule has 1 aliphatic rings. The maximum atomic E-state index is 12.9. The van der Waals surface area contributed by atoms with Gasteiger partial charge in [0, 0.05) is 25.2 Å². The molecule has 0 radical (unpaired) electrons. The number of ether oxygens (including phenoxy) is 1. The van der Waals surface area contributed by atoms with Crippen molar-refractivity contribution in [3.63, 3.8) is 0 Å². The summed E-state index contributed by atoms with van der Waals surface area (Å²) in [5.74, 6) is -0.0127. The molecule has 26 heavy (non-hydrogen) atoms. The van der Waals surface area contributed by atoms with Crippen molar-refractivity contribution in [2.24, 2.45) is 0 Å². The molecule has 2 aromatic carbocycles. The largest absolute Gasteiger partial charge is 0.379 e. The van der Waals surface area contributed by atoms with Gasteiger partial charge in [0.2, 0.25) is 0 Å². The fourth-order valence-corrected chi connectivity index (χ4v) is 3.38. The normalized spacial score (nSPS) is 16.3. The Hall–Kier alpha value is -2.17. The van der Waals surface area contributed by atoms with Crippen molar-refractivity contribution < 1.29 is 9.53 Å². The standard InChI is InChI=1S/C22H28N2O2/c1-16-4-7-19(8-5-16)21(15-24-10-12-26-13-11-24)23-22(25)20-9-6-17(2)14-18(20)3/h4-9,14,21H,10-13,15H2,1-3H3,(H,23,25). The molecule has 1 amide bonds. The molecule has 0 aliphatic carbocycles. The summed E-state index contributed by atoms with van der Waals surface area (Å²) >= 11 is 0. The molecule has 1 N–H and O–H groups in total. The first-order valence-electron chi connectivity index (χ1n) is 9.28. The van der Waals surface area contributed by atoms with Crippen LogP contribution in [0.3, 0.4) is 0 Å². The molecule has 1 aliphatic heterocycles. The first-order chi connectivity index (χ1) is 12.5. The number of aryl methyl sites for hydroxylation is 3. The Morgan fingerprint density at radius 2 is 1.69 bits per heavy atom. The van der Waals surface area contributed by atoms with Gasteiger partial charge in [0.1, 0.15) is 0 Å². The number of nitrogens with one attached hydrogen (secondary N) is 1. The maximum absolute atomic E-state index is 12.9. The van der Waals surface area contributed by atoms with Crippen LogP contribution in [-0.2, 0) is 4.74 Å². The first-order valence-corrected chi connectivity index (χ1v) is 9.28. The van der Waals surface area contributed by atoms with E-state index < -0.39 is 0 Å². The lowest BCUT2D eigenvalue weighted by molar-refractivity contribution is 0.0332. The topological polar surface area (TPSA) is 41.6 Å². The third-order valence-corrected chi connectivity index (χ3v) is 4.96. The average molecular weight is 352 g/mol. The molecule has 4 heteroatoms. The molecule has 138 valence electrons. The van der Waals surface area contributed by atoms with Crippen molar-refractivity contribution in [1.29, 1.82) is 0 Å². The van der Waals surface area contributed by atoms with E-state index in [9.17, 15) is 4.79 Å². The van der Waals surface area contributed by atoms with Crippen LogP contribution in [-0.4, -0.2) is 43.7 Å². The van der Waals surface area contributed by atoms with Crippen LogP contribution in [0.15, 0.2) is 42.5 Å². The van der Waals surface area contributed by atoms with E-state index in [1.807, 2.05) is 26.0 Å². The fourth-order valence-electron chi connectivity index (χ4n) is 3.38. The summed E-state index contributed by atoms with van der Waals surface area (Å²) in [6.45, 7) is 10.2. The second-order valence-corrected chi connectivity index (χ2v) is 7.17. The second-order valence-electron chi connectivity index (χ2n) is 7.17. The number of hydrogen-bond donors (Lipinski definition) is 1. The van der Waals surface area contributed by atoms with Crippen molar-refractivity contribution in [3.8, 4) is 0 Å². The number of nitrogens with zero attached hydrogens (tertiary/aromatic N) is 1. The van der Waals surface area contributed by atoms with E-state index in [0.717, 1.165) is 49.5 Å². The van der Waals surface area contributed by atoms with Gasteiger partial charge >= 0.3 is 0 Å². The van der Waals surface area contributed by atoms with Crippen molar-refractivity contribution in [1.82, 2.24) is 10.2 Å². The summed E-state index contributed by atoms with van der Waals surface area (Å²) < 4.78 is 5.45. The Labute approximate surface area is 156 Å². The highest BCUT2D eigenvalue weighted by molar-refractivity contribution is 5.96. The van der Waals surface area contributed by atoms with E-state index in [0.29, 0.717) is 0 Å². The Morgan fingerprint density at radius 1 is 1.04 bits per heavy atom. The van der Waals surface area contributed by atoms with Crippen LogP contribution >= 0.6 is 0 Å². The number of hydrogen-bond acceptors (Lipinski definition) is 3. The van der Waals surface area contributed by atoms with Gasteiger partial charge in [0.25, 0.3) is 5.91 Å². The average Bonchev–Trinajstić information content (AvgIpc) is 2.62. The van der Waals surface area contributed by atoms with E-state index in [1.165, 1.54) is 11.1 Å². The minimum absolute atomic E-state index is 0.0127. The minimum atomic E-state index is -0.0399. The summed E-state index contributed by atoms with van der Waals surface area (Å²) in [6.07, 6.45) is 0. The van der Waals surface area contributed by atoms with E-state index in [-0.39, 0.29) is 11.9 Å². The van der Waals surface area contributed by atoms with E-state index in [2.05, 4.69) is 47.5 Å². The molecular formula is C22H28N2O2. The summed E-state index contributed by atoms with van der Waals surface area (Å²) in [5, 5.41) is 3.26. The van der Waals surface area contributed by atoms with Crippen LogP contribution in [0.2, 0.25) is 0 Å². The molecular weight excluding hydrogens is 324 g/mol. The zero-order valence-electron chi connectivity index (χ0n) is 15.9. The van der Waals surface area contributed by atoms with Gasteiger partial charge in [0.15, 0.2) is 0 Å². The molecule has 2 aromatic rings. The Bertz CT molecular complexity index is 749. The van der Waals surface area contributed by atoms with Gasteiger partial charge in [-0.3, -0.25) is 9.69 Å². The number of benzene rings is 2. The summed E-state index contributed by atoms with van der Waals surface area (Å²) in [7, 11) is 0. The Kier molecular flexibility index (Phi) is 6.07. The van der Waals surface area contributed by atoms with Gasteiger partial charge in [-0.25, -0.2) is 0 Å². The monoisotopic (exact) mass is 352 g/mol. The van der Waals surface area contributed by atoms with Crippen LogP contribution in [0, 0.1) is 20.8 Å². The fraction of sp³-hybridized carbons (Fsp3) is 0.409. The van der Waals surface area contributed by atoms with Gasteiger partial charge < -0.3 is 10.1 Å². The molecule has 4 nitrogen and oxygen atoms in total. The third kappa shape index (κ3) is 4.71. The number of morpholine rings is 1. The van der Waals surface area contributed by atoms with Crippen molar-refractivity contribution in [2.75, 3.05) is 32.8 Å². The van der Waals surface area contributed by atoms with Crippen molar-refractivity contribution >= 4 is 5.91 Å². The second kappa shape index (κ2) is 8.47. The van der Waals surface area contributed by atoms with Gasteiger partial charge in [-0.05, 0) is 38.0 Å².